The number of aromatic hydroxyl groups is 1. The Hall–Kier alpha value is -7.24. The summed E-state index contributed by atoms with van der Waals surface area (Å²) in [7, 11) is 1.45. The van der Waals surface area contributed by atoms with Gasteiger partial charge in [0.25, 0.3) is 11.7 Å². The number of nitro groups is 1. The number of hydrogen-bond acceptors (Lipinski definition) is 19. The molecule has 78 heavy (non-hydrogen) atoms. The highest BCUT2D eigenvalue weighted by molar-refractivity contribution is 6.34. The molecule has 1 fully saturated rings. The number of carbonyl (C=O) groups is 4. The van der Waals surface area contributed by atoms with Crippen LogP contribution in [0, 0.1) is 40.7 Å². The number of benzene rings is 2. The Kier molecular flexibility index (Phi) is 15.6. The molecular formula is C56H67N7O15. The third-order valence-electron chi connectivity index (χ3n) is 16.0. The van der Waals surface area contributed by atoms with E-state index in [1.165, 1.54) is 52.5 Å². The number of ketones is 2. The summed E-state index contributed by atoms with van der Waals surface area (Å²) in [6.45, 7) is 15.4. The van der Waals surface area contributed by atoms with Gasteiger partial charge in [-0.2, -0.15) is 0 Å². The average molecular weight is 1080 g/mol. The minimum atomic E-state index is -2.03. The predicted molar refractivity (Wildman–Crippen MR) is 280 cm³/mol. The molecule has 9 rings (SSSR count). The van der Waals surface area contributed by atoms with E-state index in [0.717, 1.165) is 11.1 Å². The zero-order valence-corrected chi connectivity index (χ0v) is 45.1. The van der Waals surface area contributed by atoms with E-state index < -0.39 is 93.7 Å². The van der Waals surface area contributed by atoms with E-state index in [-0.39, 0.29) is 75.2 Å². The Morgan fingerprint density at radius 2 is 1.67 bits per heavy atom. The number of hydrogen-bond donors (Lipinski definition) is 5. The number of rotatable bonds is 8. The largest absolute Gasteiger partial charge is 0.507 e. The number of amides is 1. The molecule has 1 aliphatic carbocycles. The first-order valence-electron chi connectivity index (χ1n) is 26.2. The standard InChI is InChI=1S/C56H67N7O15/c1-28-11-10-12-29(2)53(70)58-45-44-43(59-56(60-44)18-20-61(21-19-56)23-35-13-15-36(16-14-35)26-74-37-24-62-25-39(63(71)72)57-54(62)75-27-37)40-41(49(45)68)48(67)33(6)51-42(40)52(69)55(8,78-51)76-22-17-38(73-9)30(3)50(77-34(7)64)32(5)47(66)31(4)46(28)65/h10-17,22,25,28,30-32,37-38,46-47,50,60,65-67H,18-21,23-24,26-27H2,1-9H3,(H,58,70)/b11-10+,22-17+,29-12-/t28-,30+,31+,32+,37-,38-,46-,47+,50+,55-/m0/s1. The van der Waals surface area contributed by atoms with Crippen molar-refractivity contribution in [3.05, 3.63) is 121 Å². The number of nitrogens with one attached hydrogen (secondary N) is 2. The summed E-state index contributed by atoms with van der Waals surface area (Å²) in [5.41, 5.74) is 1.28. The van der Waals surface area contributed by atoms with Crippen molar-refractivity contribution in [1.29, 1.82) is 0 Å². The summed E-state index contributed by atoms with van der Waals surface area (Å²) < 4.78 is 37.4. The number of esters is 1. The van der Waals surface area contributed by atoms with Crippen LogP contribution in [0.25, 0.3) is 0 Å². The lowest BCUT2D eigenvalue weighted by molar-refractivity contribution is -0.389. The zero-order valence-electron chi connectivity index (χ0n) is 45.1. The number of nitrogens with zero attached hydrogens (tertiary/aromatic N) is 5. The van der Waals surface area contributed by atoms with Gasteiger partial charge in [-0.05, 0) is 36.0 Å². The number of carbonyl (C=O) groups excluding carboxylic acids is 4. The van der Waals surface area contributed by atoms with Crippen LogP contribution in [0.3, 0.4) is 0 Å². The third kappa shape index (κ3) is 10.6. The molecule has 22 heteroatoms. The van der Waals surface area contributed by atoms with Gasteiger partial charge in [0, 0.05) is 98.8 Å². The van der Waals surface area contributed by atoms with E-state index in [4.69, 9.17) is 33.4 Å². The predicted octanol–water partition coefficient (Wildman–Crippen LogP) is 5.24. The van der Waals surface area contributed by atoms with E-state index in [1.807, 2.05) is 24.3 Å². The molecule has 1 amide bonds. The molecule has 5 aliphatic heterocycles. The molecule has 22 nitrogen and oxygen atoms in total. The van der Waals surface area contributed by atoms with Crippen molar-refractivity contribution in [2.24, 2.45) is 28.7 Å². The van der Waals surface area contributed by atoms with Gasteiger partial charge in [-0.25, -0.2) is 0 Å². The van der Waals surface area contributed by atoms with Crippen molar-refractivity contribution in [3.63, 3.8) is 0 Å². The van der Waals surface area contributed by atoms with Crippen molar-refractivity contribution in [2.75, 3.05) is 26.8 Å². The maximum Gasteiger partial charge on any atom is 0.414 e. The monoisotopic (exact) mass is 1080 g/mol. The van der Waals surface area contributed by atoms with Crippen LogP contribution in [-0.2, 0) is 48.2 Å². The second-order valence-electron chi connectivity index (χ2n) is 21.5. The van der Waals surface area contributed by atoms with Gasteiger partial charge in [0.1, 0.15) is 47.9 Å². The van der Waals surface area contributed by atoms with E-state index in [9.17, 15) is 44.6 Å². The lowest BCUT2D eigenvalue weighted by Gasteiger charge is -2.38. The van der Waals surface area contributed by atoms with Crippen LogP contribution < -0.4 is 20.1 Å². The molecule has 1 saturated heterocycles. The number of aromatic nitrogens is 2. The van der Waals surface area contributed by atoms with Crippen LogP contribution in [-0.4, -0.2) is 133 Å². The molecular weight excluding hydrogens is 1010 g/mol. The fourth-order valence-corrected chi connectivity index (χ4v) is 11.2. The Morgan fingerprint density at radius 3 is 2.35 bits per heavy atom. The summed E-state index contributed by atoms with van der Waals surface area (Å²) in [4.78, 5) is 78.6. The minimum Gasteiger partial charge on any atom is -0.507 e. The molecule has 3 aromatic rings. The molecule has 6 aliphatic rings. The lowest BCUT2D eigenvalue weighted by Crippen LogP contribution is -2.50. The molecule has 6 heterocycles. The van der Waals surface area contributed by atoms with Crippen LogP contribution in [0.4, 0.5) is 5.82 Å². The van der Waals surface area contributed by atoms with Crippen LogP contribution in [0.5, 0.6) is 17.5 Å². The lowest BCUT2D eigenvalue weighted by atomic mass is 9.78. The number of ether oxygens (including phenoxy) is 6. The molecule has 5 bridgehead atoms. The Labute approximate surface area is 450 Å². The van der Waals surface area contributed by atoms with Crippen LogP contribution >= 0.6 is 0 Å². The van der Waals surface area contributed by atoms with Gasteiger partial charge >= 0.3 is 23.6 Å². The molecule has 5 N–H and O–H groups in total. The fourth-order valence-electron chi connectivity index (χ4n) is 11.2. The molecule has 0 saturated carbocycles. The smallest absolute Gasteiger partial charge is 0.414 e. The quantitative estimate of drug-likeness (QED) is 0.109. The minimum absolute atomic E-state index is 0.0109. The third-order valence-corrected chi connectivity index (χ3v) is 16.0. The van der Waals surface area contributed by atoms with Crippen LogP contribution in [0.15, 0.2) is 83.0 Å². The number of aliphatic hydroxyl groups is 2. The van der Waals surface area contributed by atoms with Crippen molar-refractivity contribution in [2.45, 2.75) is 130 Å². The first-order valence-corrected chi connectivity index (χ1v) is 26.2. The van der Waals surface area contributed by atoms with Crippen LogP contribution in [0.1, 0.15) is 104 Å². The molecule has 1 spiro atoms. The Balaban J connectivity index is 0.996. The molecule has 0 radical (unpaired) electrons. The number of phenolic OH excluding ortho intramolecular Hbond substituents is 1. The van der Waals surface area contributed by atoms with Crippen molar-refractivity contribution < 1.29 is 67.8 Å². The molecule has 1 aromatic heterocycles. The Morgan fingerprint density at radius 1 is 0.962 bits per heavy atom. The number of aliphatic imine (C=N–C) groups is 1. The molecule has 2 aromatic carbocycles. The summed E-state index contributed by atoms with van der Waals surface area (Å²) in [6.07, 6.45) is 5.61. The summed E-state index contributed by atoms with van der Waals surface area (Å²) in [5, 5.41) is 52.6. The highest BCUT2D eigenvalue weighted by Gasteiger charge is 2.54. The number of aliphatic hydroxyl groups excluding tert-OH is 2. The summed E-state index contributed by atoms with van der Waals surface area (Å²) in [6, 6.07) is 8.23. The van der Waals surface area contributed by atoms with Gasteiger partial charge in [-0.3, -0.25) is 33.6 Å². The maximum absolute atomic E-state index is 15.0. The highest BCUT2D eigenvalue weighted by atomic mass is 16.7. The van der Waals surface area contributed by atoms with Gasteiger partial charge in [0.05, 0.1) is 60.3 Å². The SMILES string of the molecule is CO[C@H]1/C=C/O[C@@]2(C)Oc3c(C)c(O)c4c(c3C2=O)C2=NC3(CCN(Cc5ccc(CO[C@@H]6COc7nc([N+](=O)[O-])cn7C6)cc5)CC3)NC2=C(NC(=O)/C(C)=C\C=C\[C@H](C)[C@H](O)[C@@H](C)[C@@H](O)[C@@H](C)[C@H](OC(C)=O)[C@@H]1C)C4=O. The summed E-state index contributed by atoms with van der Waals surface area (Å²) in [5.74, 6) is -7.95. The summed E-state index contributed by atoms with van der Waals surface area (Å²) >= 11 is 0. The average Bonchev–Trinajstić information content (AvgIpc) is 4.19. The van der Waals surface area contributed by atoms with Gasteiger partial charge in [0.2, 0.25) is 5.78 Å². The normalized spacial score (nSPS) is 30.6. The first-order chi connectivity index (χ1) is 37.0. The maximum atomic E-state index is 15.0. The number of Topliss-reactive ketones (excluding diaryl/α,β-unsaturated/α-hetero) is 2. The second kappa shape index (κ2) is 21.9. The van der Waals surface area contributed by atoms with Crippen LogP contribution in [0.2, 0.25) is 0 Å². The molecule has 416 valence electrons. The van der Waals surface area contributed by atoms with Crippen molar-refractivity contribution >= 4 is 35.0 Å². The Bertz CT molecular complexity index is 3060. The second-order valence-corrected chi connectivity index (χ2v) is 21.5. The van der Waals surface area contributed by atoms with Gasteiger partial charge < -0.3 is 64.5 Å². The number of allylic oxidation sites excluding steroid dienone is 4. The fraction of sp³-hybridized carbons (Fsp3) is 0.500. The topological polar surface area (TPSA) is 285 Å². The van der Waals surface area contributed by atoms with E-state index in [2.05, 4.69) is 20.5 Å². The number of imidazole rings is 1. The first kappa shape index (κ1) is 55.5. The van der Waals surface area contributed by atoms with E-state index in [1.54, 1.807) is 51.3 Å². The molecule has 10 atom stereocenters. The number of likely N-dealkylation sites (tertiary alicyclic amines) is 1. The highest BCUT2D eigenvalue weighted by Crippen LogP contribution is 2.50. The van der Waals surface area contributed by atoms with Gasteiger partial charge in [-0.15, -0.1) is 0 Å². The number of fused-ring (bicyclic) bond motifs is 4. The zero-order chi connectivity index (χ0) is 56.1. The van der Waals surface area contributed by atoms with Gasteiger partial charge in [0.15, 0.2) is 0 Å². The molecule has 0 unspecified atom stereocenters. The van der Waals surface area contributed by atoms with Crippen molar-refractivity contribution in [1.82, 2.24) is 25.1 Å². The van der Waals surface area contributed by atoms with E-state index >= 15 is 0 Å². The van der Waals surface area contributed by atoms with E-state index in [0.29, 0.717) is 45.6 Å². The number of piperidine rings is 1. The van der Waals surface area contributed by atoms with Crippen molar-refractivity contribution in [3.8, 4) is 17.5 Å². The number of methoxy groups -OCH3 is 1. The van der Waals surface area contributed by atoms with Gasteiger partial charge in [-0.1, -0.05) is 70.2 Å². The number of phenols is 1.